The molecule has 110 valence electrons. The van der Waals surface area contributed by atoms with E-state index in [1.54, 1.807) is 6.20 Å². The molecule has 6 heteroatoms. The Morgan fingerprint density at radius 3 is 2.80 bits per heavy atom. The molecule has 0 atom stereocenters. The van der Waals surface area contributed by atoms with Gasteiger partial charge in [-0.2, -0.15) is 11.8 Å². The van der Waals surface area contributed by atoms with Crippen LogP contribution in [-0.4, -0.2) is 46.6 Å². The van der Waals surface area contributed by atoms with Crippen molar-refractivity contribution in [3.8, 4) is 5.88 Å². The van der Waals surface area contributed by atoms with Crippen molar-refractivity contribution < 1.29 is 9.53 Å². The highest BCUT2D eigenvalue weighted by Gasteiger charge is 2.15. The van der Waals surface area contributed by atoms with Crippen LogP contribution in [0.5, 0.6) is 5.88 Å². The number of ether oxygens (including phenoxy) is 1. The van der Waals surface area contributed by atoms with Gasteiger partial charge in [0, 0.05) is 43.4 Å². The van der Waals surface area contributed by atoms with Crippen LogP contribution in [0.15, 0.2) is 18.3 Å². The summed E-state index contributed by atoms with van der Waals surface area (Å²) in [6, 6.07) is 3.77. The summed E-state index contributed by atoms with van der Waals surface area (Å²) in [6.45, 7) is 6.09. The van der Waals surface area contributed by atoms with Gasteiger partial charge in [0.05, 0.1) is 6.10 Å². The largest absolute Gasteiger partial charge is 0.475 e. The summed E-state index contributed by atoms with van der Waals surface area (Å²) in [7, 11) is 0. The van der Waals surface area contributed by atoms with Gasteiger partial charge >= 0.3 is 6.03 Å². The predicted molar refractivity (Wildman–Crippen MR) is 81.1 cm³/mol. The van der Waals surface area contributed by atoms with Crippen LogP contribution in [-0.2, 0) is 6.54 Å². The second kappa shape index (κ2) is 7.38. The predicted octanol–water partition coefficient (Wildman–Crippen LogP) is 2.13. The van der Waals surface area contributed by atoms with Crippen molar-refractivity contribution in [1.82, 2.24) is 15.2 Å². The summed E-state index contributed by atoms with van der Waals surface area (Å²) in [6.07, 6.45) is 1.86. The fraction of sp³-hybridized carbons (Fsp3) is 0.571. The number of rotatable bonds is 4. The molecule has 1 aromatic heterocycles. The maximum absolute atomic E-state index is 11.9. The van der Waals surface area contributed by atoms with E-state index in [4.69, 9.17) is 4.74 Å². The molecule has 0 aromatic carbocycles. The third kappa shape index (κ3) is 4.59. The maximum Gasteiger partial charge on any atom is 0.317 e. The molecule has 1 aliphatic rings. The standard InChI is InChI=1S/C14H21N3O2S/c1-11(2)19-13-4-3-12(9-15-13)10-16-14(18)17-5-7-20-8-6-17/h3-4,9,11H,5-8,10H2,1-2H3,(H,16,18). The molecule has 1 saturated heterocycles. The summed E-state index contributed by atoms with van der Waals surface area (Å²) in [4.78, 5) is 18.0. The molecule has 0 aliphatic carbocycles. The first-order valence-electron chi connectivity index (χ1n) is 6.87. The number of carbonyl (C=O) groups excluding carboxylic acids is 1. The van der Waals surface area contributed by atoms with Crippen LogP contribution in [0, 0.1) is 0 Å². The highest BCUT2D eigenvalue weighted by atomic mass is 32.2. The van der Waals surface area contributed by atoms with Gasteiger partial charge in [0.2, 0.25) is 5.88 Å². The highest BCUT2D eigenvalue weighted by Crippen LogP contribution is 2.11. The Bertz CT molecular complexity index is 431. The Morgan fingerprint density at radius 2 is 2.20 bits per heavy atom. The van der Waals surface area contributed by atoms with E-state index in [1.165, 1.54) is 0 Å². The molecule has 0 saturated carbocycles. The van der Waals surface area contributed by atoms with Crippen LogP contribution < -0.4 is 10.1 Å². The van der Waals surface area contributed by atoms with Gasteiger partial charge in [0.1, 0.15) is 0 Å². The maximum atomic E-state index is 11.9. The third-order valence-corrected chi connectivity index (χ3v) is 3.84. The van der Waals surface area contributed by atoms with Crippen LogP contribution in [0.1, 0.15) is 19.4 Å². The van der Waals surface area contributed by atoms with Gasteiger partial charge in [-0.15, -0.1) is 0 Å². The lowest BCUT2D eigenvalue weighted by molar-refractivity contribution is 0.202. The number of nitrogens with zero attached hydrogens (tertiary/aromatic N) is 2. The van der Waals surface area contributed by atoms with E-state index >= 15 is 0 Å². The lowest BCUT2D eigenvalue weighted by atomic mass is 10.3. The number of thioether (sulfide) groups is 1. The smallest absolute Gasteiger partial charge is 0.317 e. The van der Waals surface area contributed by atoms with Crippen LogP contribution in [0.3, 0.4) is 0 Å². The minimum absolute atomic E-state index is 0.00723. The van der Waals surface area contributed by atoms with E-state index in [1.807, 2.05) is 42.6 Å². The second-order valence-electron chi connectivity index (χ2n) is 4.93. The summed E-state index contributed by atoms with van der Waals surface area (Å²) in [5.41, 5.74) is 0.973. The molecule has 1 aromatic rings. The van der Waals surface area contributed by atoms with Gasteiger partial charge < -0.3 is 15.0 Å². The number of nitrogens with one attached hydrogen (secondary N) is 1. The van der Waals surface area contributed by atoms with Crippen molar-refractivity contribution in [2.75, 3.05) is 24.6 Å². The zero-order valence-electron chi connectivity index (χ0n) is 12.0. The average molecular weight is 295 g/mol. The molecule has 2 rings (SSSR count). The van der Waals surface area contributed by atoms with Gasteiger partial charge in [0.15, 0.2) is 0 Å². The molecule has 2 amide bonds. The van der Waals surface area contributed by atoms with E-state index < -0.39 is 0 Å². The van der Waals surface area contributed by atoms with Crippen LogP contribution >= 0.6 is 11.8 Å². The van der Waals surface area contributed by atoms with Crippen LogP contribution in [0.4, 0.5) is 4.79 Å². The first kappa shape index (κ1) is 15.0. The molecular weight excluding hydrogens is 274 g/mol. The average Bonchev–Trinajstić information content (AvgIpc) is 2.46. The lowest BCUT2D eigenvalue weighted by Gasteiger charge is -2.26. The molecule has 1 aliphatic heterocycles. The Morgan fingerprint density at radius 1 is 1.45 bits per heavy atom. The molecule has 1 N–H and O–H groups in total. The third-order valence-electron chi connectivity index (χ3n) is 2.90. The molecule has 0 bridgehead atoms. The van der Waals surface area contributed by atoms with Gasteiger partial charge in [-0.3, -0.25) is 0 Å². The summed E-state index contributed by atoms with van der Waals surface area (Å²) >= 11 is 1.89. The van der Waals surface area contributed by atoms with Gasteiger partial charge in [-0.25, -0.2) is 9.78 Å². The summed E-state index contributed by atoms with van der Waals surface area (Å²) in [5.74, 6) is 2.66. The first-order valence-corrected chi connectivity index (χ1v) is 8.03. The SMILES string of the molecule is CC(C)Oc1ccc(CNC(=O)N2CCSCC2)cn1. The number of hydrogen-bond acceptors (Lipinski definition) is 4. The van der Waals surface area contributed by atoms with Crippen molar-refractivity contribution in [1.29, 1.82) is 0 Å². The van der Waals surface area contributed by atoms with Crippen molar-refractivity contribution in [3.63, 3.8) is 0 Å². The van der Waals surface area contributed by atoms with Crippen molar-refractivity contribution in [2.24, 2.45) is 0 Å². The molecule has 1 fully saturated rings. The number of amides is 2. The zero-order chi connectivity index (χ0) is 14.4. The van der Waals surface area contributed by atoms with E-state index in [9.17, 15) is 4.79 Å². The molecular formula is C14H21N3O2S. The molecule has 0 spiro atoms. The number of carbonyl (C=O) groups is 1. The molecule has 5 nitrogen and oxygen atoms in total. The highest BCUT2D eigenvalue weighted by molar-refractivity contribution is 7.99. The minimum Gasteiger partial charge on any atom is -0.475 e. The van der Waals surface area contributed by atoms with Gasteiger partial charge in [-0.05, 0) is 19.4 Å². The van der Waals surface area contributed by atoms with Crippen molar-refractivity contribution >= 4 is 17.8 Å². The number of aromatic nitrogens is 1. The molecule has 20 heavy (non-hydrogen) atoms. The topological polar surface area (TPSA) is 54.5 Å². The van der Waals surface area contributed by atoms with Crippen molar-refractivity contribution in [2.45, 2.75) is 26.5 Å². The molecule has 0 unspecified atom stereocenters. The fourth-order valence-electron chi connectivity index (χ4n) is 1.88. The first-order chi connectivity index (χ1) is 9.65. The molecule has 2 heterocycles. The van der Waals surface area contributed by atoms with Crippen molar-refractivity contribution in [3.05, 3.63) is 23.9 Å². The summed E-state index contributed by atoms with van der Waals surface area (Å²) in [5, 5.41) is 2.93. The second-order valence-corrected chi connectivity index (χ2v) is 6.15. The van der Waals surface area contributed by atoms with Crippen LogP contribution in [0.25, 0.3) is 0 Å². The Kier molecular flexibility index (Phi) is 5.52. The number of pyridine rings is 1. The van der Waals surface area contributed by atoms with Gasteiger partial charge in [0.25, 0.3) is 0 Å². The zero-order valence-corrected chi connectivity index (χ0v) is 12.8. The minimum atomic E-state index is 0.00723. The fourth-order valence-corrected chi connectivity index (χ4v) is 2.79. The summed E-state index contributed by atoms with van der Waals surface area (Å²) < 4.78 is 5.48. The van der Waals surface area contributed by atoms with Crippen LogP contribution in [0.2, 0.25) is 0 Å². The van der Waals surface area contributed by atoms with Gasteiger partial charge in [-0.1, -0.05) is 6.07 Å². The monoisotopic (exact) mass is 295 g/mol. The Balaban J connectivity index is 1.79. The quantitative estimate of drug-likeness (QED) is 0.924. The lowest BCUT2D eigenvalue weighted by Crippen LogP contribution is -2.44. The van der Waals surface area contributed by atoms with E-state index in [0.717, 1.165) is 30.2 Å². The van der Waals surface area contributed by atoms with E-state index in [-0.39, 0.29) is 12.1 Å². The Hall–Kier alpha value is -1.43. The van der Waals surface area contributed by atoms with E-state index in [2.05, 4.69) is 10.3 Å². The molecule has 0 radical (unpaired) electrons. The Labute approximate surface area is 124 Å². The number of hydrogen-bond donors (Lipinski definition) is 1. The number of urea groups is 1. The van der Waals surface area contributed by atoms with E-state index in [0.29, 0.717) is 12.4 Å². The normalized spacial score (nSPS) is 15.2.